The van der Waals surface area contributed by atoms with Gasteiger partial charge in [-0.05, 0) is 40.8 Å². The van der Waals surface area contributed by atoms with Gasteiger partial charge in [0.1, 0.15) is 12.1 Å². The molecule has 0 atom stereocenters. The largest absolute Gasteiger partial charge is 0.395 e. The van der Waals surface area contributed by atoms with E-state index in [0.717, 1.165) is 20.3 Å². The number of nitrogens with zero attached hydrogens (tertiary/aromatic N) is 2. The van der Waals surface area contributed by atoms with E-state index in [-0.39, 0.29) is 6.61 Å². The number of aliphatic hydroxyl groups excluding tert-OH is 1. The Morgan fingerprint density at radius 2 is 2.20 bits per heavy atom. The van der Waals surface area contributed by atoms with Gasteiger partial charge in [0.15, 0.2) is 0 Å². The van der Waals surface area contributed by atoms with Crippen LogP contribution in [0.25, 0.3) is 10.9 Å². The van der Waals surface area contributed by atoms with Crippen LogP contribution in [0.15, 0.2) is 24.5 Å². The van der Waals surface area contributed by atoms with E-state index in [1.54, 1.807) is 0 Å². The molecule has 2 aromatic rings. The molecule has 0 bridgehead atoms. The molecule has 0 saturated heterocycles. The summed E-state index contributed by atoms with van der Waals surface area (Å²) in [6.45, 7) is 0.590. The molecular formula is C10H10IN3O. The molecule has 2 rings (SSSR count). The van der Waals surface area contributed by atoms with Gasteiger partial charge in [-0.15, -0.1) is 0 Å². The summed E-state index contributed by atoms with van der Waals surface area (Å²) in [5.41, 5.74) is 0.908. The fourth-order valence-electron chi connectivity index (χ4n) is 1.34. The zero-order valence-corrected chi connectivity index (χ0v) is 10.1. The second kappa shape index (κ2) is 4.71. The lowest BCUT2D eigenvalue weighted by Crippen LogP contribution is -2.07. The summed E-state index contributed by atoms with van der Waals surface area (Å²) >= 11 is 2.25. The lowest BCUT2D eigenvalue weighted by atomic mass is 10.2. The fourth-order valence-corrected chi connectivity index (χ4v) is 1.84. The maximum absolute atomic E-state index is 8.75. The second-order valence-electron chi connectivity index (χ2n) is 3.03. The van der Waals surface area contributed by atoms with Crippen molar-refractivity contribution in [2.75, 3.05) is 18.5 Å². The molecule has 0 aliphatic heterocycles. The molecule has 15 heavy (non-hydrogen) atoms. The topological polar surface area (TPSA) is 58.0 Å². The minimum Gasteiger partial charge on any atom is -0.395 e. The van der Waals surface area contributed by atoms with Crippen LogP contribution in [-0.4, -0.2) is 28.2 Å². The number of fused-ring (bicyclic) bond motifs is 1. The Morgan fingerprint density at radius 3 is 3.00 bits per heavy atom. The summed E-state index contributed by atoms with van der Waals surface area (Å²) in [4.78, 5) is 8.32. The van der Waals surface area contributed by atoms with E-state index >= 15 is 0 Å². The van der Waals surface area contributed by atoms with Gasteiger partial charge >= 0.3 is 0 Å². The van der Waals surface area contributed by atoms with Crippen molar-refractivity contribution in [3.8, 4) is 0 Å². The molecule has 0 spiro atoms. The average Bonchev–Trinajstić information content (AvgIpc) is 2.26. The van der Waals surface area contributed by atoms with Gasteiger partial charge in [0, 0.05) is 15.5 Å². The summed E-state index contributed by atoms with van der Waals surface area (Å²) in [6, 6.07) is 5.99. The average molecular weight is 315 g/mol. The monoisotopic (exact) mass is 315 g/mol. The highest BCUT2D eigenvalue weighted by Gasteiger charge is 2.02. The molecule has 2 N–H and O–H groups in total. The van der Waals surface area contributed by atoms with Gasteiger partial charge in [0.25, 0.3) is 0 Å². The first kappa shape index (κ1) is 10.6. The zero-order chi connectivity index (χ0) is 10.7. The van der Waals surface area contributed by atoms with Crippen molar-refractivity contribution in [2.45, 2.75) is 0 Å². The highest BCUT2D eigenvalue weighted by atomic mass is 127. The van der Waals surface area contributed by atoms with E-state index in [1.165, 1.54) is 6.33 Å². The third-order valence-electron chi connectivity index (χ3n) is 2.00. The first-order chi connectivity index (χ1) is 7.31. The molecule has 0 aliphatic rings. The molecule has 0 amide bonds. The molecule has 0 saturated carbocycles. The van der Waals surface area contributed by atoms with Crippen molar-refractivity contribution < 1.29 is 5.11 Å². The van der Waals surface area contributed by atoms with Crippen LogP contribution in [0.2, 0.25) is 0 Å². The summed E-state index contributed by atoms with van der Waals surface area (Å²) in [6.07, 6.45) is 1.52. The number of aliphatic hydroxyl groups is 1. The Hall–Kier alpha value is -0.950. The summed E-state index contributed by atoms with van der Waals surface area (Å²) in [5, 5.41) is 12.8. The van der Waals surface area contributed by atoms with Crippen molar-refractivity contribution in [1.29, 1.82) is 0 Å². The number of nitrogens with one attached hydrogen (secondary N) is 1. The number of benzene rings is 1. The molecule has 4 nitrogen and oxygen atoms in total. The van der Waals surface area contributed by atoms with Crippen LogP contribution < -0.4 is 5.32 Å². The predicted molar refractivity (Wildman–Crippen MR) is 67.8 cm³/mol. The minimum atomic E-state index is 0.0927. The number of hydrogen-bond acceptors (Lipinski definition) is 4. The van der Waals surface area contributed by atoms with Crippen LogP contribution >= 0.6 is 22.6 Å². The first-order valence-electron chi connectivity index (χ1n) is 4.56. The standard InChI is InChI=1S/C10H10IN3O/c11-7-1-2-9-8(5-7)10(12-3-4-15)14-6-13-9/h1-2,5-6,15H,3-4H2,(H,12,13,14). The van der Waals surface area contributed by atoms with Crippen molar-refractivity contribution in [3.63, 3.8) is 0 Å². The Bertz CT molecular complexity index is 475. The molecule has 1 heterocycles. The van der Waals surface area contributed by atoms with Crippen LogP contribution in [0.5, 0.6) is 0 Å². The third kappa shape index (κ3) is 2.35. The number of rotatable bonds is 3. The fraction of sp³-hybridized carbons (Fsp3) is 0.200. The van der Waals surface area contributed by atoms with Gasteiger partial charge in [0.2, 0.25) is 0 Å². The van der Waals surface area contributed by atoms with Crippen LogP contribution in [0.3, 0.4) is 0 Å². The minimum absolute atomic E-state index is 0.0927. The number of aromatic nitrogens is 2. The van der Waals surface area contributed by atoms with E-state index in [1.807, 2.05) is 18.2 Å². The zero-order valence-electron chi connectivity index (χ0n) is 7.94. The Kier molecular flexibility index (Phi) is 3.32. The van der Waals surface area contributed by atoms with Crippen LogP contribution in [0.1, 0.15) is 0 Å². The number of halogens is 1. The molecule has 5 heteroatoms. The smallest absolute Gasteiger partial charge is 0.137 e. The Balaban J connectivity index is 2.48. The quantitative estimate of drug-likeness (QED) is 0.846. The maximum atomic E-state index is 8.75. The van der Waals surface area contributed by atoms with E-state index in [9.17, 15) is 0 Å². The van der Waals surface area contributed by atoms with Crippen molar-refractivity contribution >= 4 is 39.3 Å². The maximum Gasteiger partial charge on any atom is 0.137 e. The molecule has 0 unspecified atom stereocenters. The van der Waals surface area contributed by atoms with Gasteiger partial charge in [-0.3, -0.25) is 0 Å². The first-order valence-corrected chi connectivity index (χ1v) is 5.64. The molecule has 0 aliphatic carbocycles. The van der Waals surface area contributed by atoms with Gasteiger partial charge < -0.3 is 10.4 Å². The molecular weight excluding hydrogens is 305 g/mol. The van der Waals surface area contributed by atoms with Gasteiger partial charge in [-0.1, -0.05) is 0 Å². The second-order valence-corrected chi connectivity index (χ2v) is 4.28. The van der Waals surface area contributed by atoms with E-state index < -0.39 is 0 Å². The lowest BCUT2D eigenvalue weighted by Gasteiger charge is -2.06. The Morgan fingerprint density at radius 1 is 1.33 bits per heavy atom. The normalized spacial score (nSPS) is 10.5. The van der Waals surface area contributed by atoms with Crippen molar-refractivity contribution in [1.82, 2.24) is 9.97 Å². The van der Waals surface area contributed by atoms with Gasteiger partial charge in [-0.25, -0.2) is 9.97 Å². The van der Waals surface area contributed by atoms with E-state index in [0.29, 0.717) is 6.54 Å². The lowest BCUT2D eigenvalue weighted by molar-refractivity contribution is 0.311. The molecule has 1 aromatic heterocycles. The van der Waals surface area contributed by atoms with Crippen molar-refractivity contribution in [2.24, 2.45) is 0 Å². The molecule has 78 valence electrons. The SMILES string of the molecule is OCCNc1ncnc2ccc(I)cc12. The van der Waals surface area contributed by atoms with Crippen molar-refractivity contribution in [3.05, 3.63) is 28.1 Å². The van der Waals surface area contributed by atoms with E-state index in [4.69, 9.17) is 5.11 Å². The molecule has 1 aromatic carbocycles. The predicted octanol–water partition coefficient (Wildman–Crippen LogP) is 1.64. The third-order valence-corrected chi connectivity index (χ3v) is 2.67. The summed E-state index contributed by atoms with van der Waals surface area (Å²) in [5.74, 6) is 0.771. The van der Waals surface area contributed by atoms with Crippen LogP contribution in [0, 0.1) is 3.57 Å². The highest BCUT2D eigenvalue weighted by molar-refractivity contribution is 14.1. The Labute approximate surface area is 101 Å². The number of anilines is 1. The van der Waals surface area contributed by atoms with Gasteiger partial charge in [0.05, 0.1) is 12.1 Å². The van der Waals surface area contributed by atoms with Gasteiger partial charge in [-0.2, -0.15) is 0 Å². The molecule has 0 radical (unpaired) electrons. The number of hydrogen-bond donors (Lipinski definition) is 2. The molecule has 0 fully saturated rings. The highest BCUT2D eigenvalue weighted by Crippen LogP contribution is 2.21. The van der Waals surface area contributed by atoms with Crippen LogP contribution in [0.4, 0.5) is 5.82 Å². The van der Waals surface area contributed by atoms with Crippen LogP contribution in [-0.2, 0) is 0 Å². The summed E-state index contributed by atoms with van der Waals surface area (Å²) < 4.78 is 1.14. The summed E-state index contributed by atoms with van der Waals surface area (Å²) in [7, 11) is 0. The van der Waals surface area contributed by atoms with E-state index in [2.05, 4.69) is 37.9 Å².